The summed E-state index contributed by atoms with van der Waals surface area (Å²) in [5, 5.41) is 49.3. The van der Waals surface area contributed by atoms with Crippen molar-refractivity contribution >= 4 is 23.3 Å². The number of halogens is 1. The zero-order chi connectivity index (χ0) is 30.8. The van der Waals surface area contributed by atoms with Gasteiger partial charge in [0.15, 0.2) is 5.78 Å². The molecule has 0 bridgehead atoms. The number of carboxylic acids is 1. The zero-order valence-corrected chi connectivity index (χ0v) is 23.0. The van der Waals surface area contributed by atoms with E-state index < -0.39 is 60.9 Å². The van der Waals surface area contributed by atoms with Crippen molar-refractivity contribution in [2.24, 2.45) is 5.92 Å². The van der Waals surface area contributed by atoms with Gasteiger partial charge in [-0.2, -0.15) is 0 Å². The molecule has 226 valence electrons. The summed E-state index contributed by atoms with van der Waals surface area (Å²) in [4.78, 5) is 39.0. The molecule has 3 aromatic carbocycles. The number of nitrogens with zero attached hydrogens (tertiary/aromatic N) is 1. The second kappa shape index (κ2) is 12.7. The normalized spacial score (nSPS) is 27.0. The molecule has 5 N–H and O–H groups in total. The van der Waals surface area contributed by atoms with Crippen molar-refractivity contribution < 1.29 is 49.0 Å². The fraction of sp³-hybridized carbons (Fsp3) is 0.344. The maximum atomic E-state index is 13.4. The van der Waals surface area contributed by atoms with E-state index in [0.29, 0.717) is 11.3 Å². The lowest BCUT2D eigenvalue weighted by atomic mass is 9.78. The summed E-state index contributed by atoms with van der Waals surface area (Å²) in [7, 11) is 0. The molecule has 0 spiro atoms. The molecule has 0 aliphatic carbocycles. The van der Waals surface area contributed by atoms with Gasteiger partial charge in [0, 0.05) is 24.1 Å². The van der Waals surface area contributed by atoms with E-state index in [9.17, 15) is 44.3 Å². The van der Waals surface area contributed by atoms with Gasteiger partial charge in [0.25, 0.3) is 0 Å². The fourth-order valence-electron chi connectivity index (χ4n) is 5.76. The quantitative estimate of drug-likeness (QED) is 0.175. The van der Waals surface area contributed by atoms with Crippen LogP contribution in [0.3, 0.4) is 0 Å². The van der Waals surface area contributed by atoms with Gasteiger partial charge in [-0.1, -0.05) is 24.3 Å². The second-order valence-electron chi connectivity index (χ2n) is 10.9. The largest absolute Gasteiger partial charge is 0.478 e. The van der Waals surface area contributed by atoms with Crippen molar-refractivity contribution in [2.75, 3.05) is 11.5 Å². The van der Waals surface area contributed by atoms with Gasteiger partial charge in [0.1, 0.15) is 30.2 Å². The van der Waals surface area contributed by atoms with Crippen LogP contribution in [0.4, 0.5) is 10.1 Å². The highest BCUT2D eigenvalue weighted by molar-refractivity contribution is 6.04. The summed E-state index contributed by atoms with van der Waals surface area (Å²) in [5.74, 6) is -2.52. The van der Waals surface area contributed by atoms with Crippen molar-refractivity contribution in [3.8, 4) is 0 Å². The Kier molecular flexibility index (Phi) is 9.00. The standard InChI is InChI=1S/C32H32FNO9/c33-21-9-5-18(6-10-21)24(36)14-13-23-27(34(31(23)40)22-11-7-20(8-12-22)32(41)42)19-3-1-17(2-4-19)15-25-28(37)30(39)29(38)26(16-35)43-25/h1-12,23,25-30,35,37-39H,13-16H2,(H,41,42). The molecule has 11 heteroatoms. The zero-order valence-electron chi connectivity index (χ0n) is 23.0. The Morgan fingerprint density at radius 3 is 2.02 bits per heavy atom. The van der Waals surface area contributed by atoms with Crippen LogP contribution < -0.4 is 4.90 Å². The van der Waals surface area contributed by atoms with Gasteiger partial charge in [0.2, 0.25) is 5.91 Å². The maximum Gasteiger partial charge on any atom is 0.335 e. The maximum absolute atomic E-state index is 13.4. The van der Waals surface area contributed by atoms with Crippen LogP contribution in [0.5, 0.6) is 0 Å². The lowest BCUT2D eigenvalue weighted by Crippen LogP contribution is -2.59. The summed E-state index contributed by atoms with van der Waals surface area (Å²) in [6.07, 6.45) is -5.68. The fourth-order valence-corrected chi connectivity index (χ4v) is 5.76. The van der Waals surface area contributed by atoms with Gasteiger partial charge in [-0.05, 0) is 66.1 Å². The number of amides is 1. The number of aromatic carboxylic acids is 1. The van der Waals surface area contributed by atoms with Crippen LogP contribution in [0.1, 0.15) is 50.7 Å². The molecule has 1 amide bonds. The lowest BCUT2D eigenvalue weighted by molar-refractivity contribution is -0.228. The first kappa shape index (κ1) is 30.5. The SMILES string of the molecule is O=C(O)c1ccc(N2C(=O)C(CCC(=O)c3ccc(F)cc3)C2c2ccc(CC3OC(CO)C(O)C(O)C3O)cc2)cc1. The number of aliphatic hydroxyl groups is 4. The van der Waals surface area contributed by atoms with Gasteiger partial charge < -0.3 is 35.2 Å². The van der Waals surface area contributed by atoms with E-state index in [1.54, 1.807) is 29.2 Å². The number of anilines is 1. The number of aliphatic hydroxyl groups excluding tert-OH is 4. The molecule has 5 rings (SSSR count). The van der Waals surface area contributed by atoms with Gasteiger partial charge in [-0.25, -0.2) is 9.18 Å². The van der Waals surface area contributed by atoms with E-state index >= 15 is 0 Å². The smallest absolute Gasteiger partial charge is 0.335 e. The van der Waals surface area contributed by atoms with Crippen LogP contribution in [-0.2, 0) is 16.0 Å². The Hall–Kier alpha value is -4.00. The number of rotatable bonds is 10. The number of β-lactam (4-membered cyclic amide) rings is 1. The molecule has 2 fully saturated rings. The van der Waals surface area contributed by atoms with Crippen molar-refractivity contribution in [1.82, 2.24) is 0 Å². The molecule has 7 atom stereocenters. The van der Waals surface area contributed by atoms with Gasteiger partial charge in [-0.15, -0.1) is 0 Å². The van der Waals surface area contributed by atoms with Crippen LogP contribution >= 0.6 is 0 Å². The van der Waals surface area contributed by atoms with Crippen LogP contribution in [-0.4, -0.2) is 80.3 Å². The van der Waals surface area contributed by atoms with E-state index in [2.05, 4.69) is 0 Å². The number of Topliss-reactive ketones (excluding diaryl/α,β-unsaturated/α-hetero) is 1. The highest BCUT2D eigenvalue weighted by Crippen LogP contribution is 2.46. The van der Waals surface area contributed by atoms with Gasteiger partial charge in [0.05, 0.1) is 30.2 Å². The predicted octanol–water partition coefficient (Wildman–Crippen LogP) is 2.28. The minimum absolute atomic E-state index is 0.0690. The Morgan fingerprint density at radius 1 is 0.814 bits per heavy atom. The number of ether oxygens (including phenoxy) is 1. The number of hydrogen-bond donors (Lipinski definition) is 5. The summed E-state index contributed by atoms with van der Waals surface area (Å²) < 4.78 is 18.9. The topological polar surface area (TPSA) is 165 Å². The summed E-state index contributed by atoms with van der Waals surface area (Å²) in [6.45, 7) is -0.523. The predicted molar refractivity (Wildman–Crippen MR) is 151 cm³/mol. The van der Waals surface area contributed by atoms with Crippen LogP contribution in [0.25, 0.3) is 0 Å². The number of ketones is 1. The van der Waals surface area contributed by atoms with Gasteiger partial charge >= 0.3 is 5.97 Å². The summed E-state index contributed by atoms with van der Waals surface area (Å²) in [6, 6.07) is 17.9. The van der Waals surface area contributed by atoms with Crippen LogP contribution in [0, 0.1) is 11.7 Å². The number of benzene rings is 3. The number of hydrogen-bond acceptors (Lipinski definition) is 8. The highest BCUT2D eigenvalue weighted by atomic mass is 19.1. The number of carbonyl (C=O) groups excluding carboxylic acids is 2. The molecule has 0 radical (unpaired) electrons. The van der Waals surface area contributed by atoms with Gasteiger partial charge in [-0.3, -0.25) is 9.59 Å². The van der Waals surface area contributed by atoms with Crippen molar-refractivity contribution in [3.05, 3.63) is 101 Å². The molecule has 0 saturated carbocycles. The Balaban J connectivity index is 1.35. The Labute approximate surface area is 246 Å². The molecular formula is C32H32FNO9. The molecule has 2 aliphatic heterocycles. The molecule has 43 heavy (non-hydrogen) atoms. The van der Waals surface area contributed by atoms with Crippen molar-refractivity contribution in [1.29, 1.82) is 0 Å². The minimum atomic E-state index is -1.48. The molecular weight excluding hydrogens is 561 g/mol. The summed E-state index contributed by atoms with van der Waals surface area (Å²) in [5.41, 5.74) is 2.43. The third-order valence-corrected chi connectivity index (χ3v) is 8.20. The lowest BCUT2D eigenvalue weighted by Gasteiger charge is -2.47. The van der Waals surface area contributed by atoms with E-state index in [0.717, 1.165) is 11.1 Å². The third-order valence-electron chi connectivity index (χ3n) is 8.20. The first-order valence-corrected chi connectivity index (χ1v) is 13.9. The first-order chi connectivity index (χ1) is 20.6. The second-order valence-corrected chi connectivity index (χ2v) is 10.9. The third kappa shape index (κ3) is 6.22. The van der Waals surface area contributed by atoms with Crippen LogP contribution in [0.15, 0.2) is 72.8 Å². The summed E-state index contributed by atoms with van der Waals surface area (Å²) >= 11 is 0. The Bertz CT molecular complexity index is 1460. The van der Waals surface area contributed by atoms with E-state index in [-0.39, 0.29) is 36.5 Å². The number of carboxylic acid groups (broad SMARTS) is 1. The molecule has 2 heterocycles. The number of carbonyl (C=O) groups is 3. The molecule has 0 aromatic heterocycles. The monoisotopic (exact) mass is 593 g/mol. The molecule has 2 saturated heterocycles. The minimum Gasteiger partial charge on any atom is -0.478 e. The average molecular weight is 594 g/mol. The van der Waals surface area contributed by atoms with Crippen molar-refractivity contribution in [3.63, 3.8) is 0 Å². The molecule has 2 aliphatic rings. The van der Waals surface area contributed by atoms with E-state index in [1.165, 1.54) is 36.4 Å². The molecule has 10 nitrogen and oxygen atoms in total. The van der Waals surface area contributed by atoms with E-state index in [1.807, 2.05) is 12.1 Å². The van der Waals surface area contributed by atoms with E-state index in [4.69, 9.17) is 4.74 Å². The Morgan fingerprint density at radius 2 is 1.42 bits per heavy atom. The first-order valence-electron chi connectivity index (χ1n) is 13.9. The van der Waals surface area contributed by atoms with Crippen LogP contribution in [0.2, 0.25) is 0 Å². The highest BCUT2D eigenvalue weighted by Gasteiger charge is 2.48. The molecule has 7 unspecified atom stereocenters. The average Bonchev–Trinajstić information content (AvgIpc) is 3.01. The molecule has 3 aromatic rings. The van der Waals surface area contributed by atoms with Crippen molar-refractivity contribution in [2.45, 2.75) is 55.8 Å².